The average Bonchev–Trinajstić information content (AvgIpc) is 3.45. The van der Waals surface area contributed by atoms with Gasteiger partial charge in [0.25, 0.3) is 0 Å². The molecule has 1 aromatic heterocycles. The molecule has 42 heavy (non-hydrogen) atoms. The van der Waals surface area contributed by atoms with E-state index >= 15 is 0 Å². The molecule has 1 aliphatic heterocycles. The standard InChI is InChI=1S/C27H38F5N5O4Si/c1-25(2,3)42(4,5)40-14-18(37-13-20(27(30,31)32)35-24(37)39)16-6-7-19-17(12-16)34-22(41-19)21(36-23(33)38)15-8-10-26(28,29)11-9-15/h6-7,12,15,18,20-21H,8-11,13-14H2,1-5H3,(H,35,39)(H3,33,36,38)/t18-,20+,21+/m1/s1. The van der Waals surface area contributed by atoms with Crippen molar-refractivity contribution >= 4 is 31.5 Å². The number of hydrogen-bond donors (Lipinski definition) is 3. The largest absolute Gasteiger partial charge is 0.438 e. The predicted octanol–water partition coefficient (Wildman–Crippen LogP) is 6.38. The van der Waals surface area contributed by atoms with E-state index in [4.69, 9.17) is 14.6 Å². The Balaban J connectivity index is 1.67. The van der Waals surface area contributed by atoms with Gasteiger partial charge in [0, 0.05) is 12.8 Å². The van der Waals surface area contributed by atoms with Crippen LogP contribution in [0.25, 0.3) is 11.1 Å². The monoisotopic (exact) mass is 619 g/mol. The molecule has 2 aliphatic rings. The highest BCUT2D eigenvalue weighted by Crippen LogP contribution is 2.42. The maximum absolute atomic E-state index is 13.8. The summed E-state index contributed by atoms with van der Waals surface area (Å²) in [6.45, 7) is 9.48. The van der Waals surface area contributed by atoms with Gasteiger partial charge in [0.05, 0.1) is 19.2 Å². The van der Waals surface area contributed by atoms with E-state index in [9.17, 15) is 31.5 Å². The van der Waals surface area contributed by atoms with Crippen molar-refractivity contribution < 1.29 is 40.4 Å². The number of carbonyl (C=O) groups is 2. The van der Waals surface area contributed by atoms with Gasteiger partial charge < -0.3 is 30.1 Å². The molecular weight excluding hydrogens is 581 g/mol. The van der Waals surface area contributed by atoms with E-state index in [2.05, 4.69) is 10.3 Å². The summed E-state index contributed by atoms with van der Waals surface area (Å²) in [5.41, 5.74) is 6.49. The minimum atomic E-state index is -4.62. The first kappa shape index (κ1) is 32.0. The number of nitrogens with one attached hydrogen (secondary N) is 2. The third-order valence-corrected chi connectivity index (χ3v) is 13.2. The SMILES string of the molecule is CC(C)(C)[Si](C)(C)OC[C@H](c1ccc2oc([C@@H](NC(N)=O)C3CCC(F)(F)CC3)nc2c1)N1C[C@@H](C(F)(F)F)NC1=O. The number of carbonyl (C=O) groups excluding carboxylic acids is 2. The van der Waals surface area contributed by atoms with Crippen LogP contribution < -0.4 is 16.4 Å². The molecule has 0 spiro atoms. The number of primary amides is 1. The third kappa shape index (κ3) is 6.98. The lowest BCUT2D eigenvalue weighted by Crippen LogP contribution is -2.44. The maximum Gasteiger partial charge on any atom is 0.410 e. The molecule has 0 radical (unpaired) electrons. The minimum Gasteiger partial charge on any atom is -0.438 e. The van der Waals surface area contributed by atoms with Gasteiger partial charge in [0.1, 0.15) is 17.6 Å². The van der Waals surface area contributed by atoms with Crippen LogP contribution in [0.1, 0.15) is 70.0 Å². The van der Waals surface area contributed by atoms with E-state index in [1.165, 1.54) is 0 Å². The molecule has 15 heteroatoms. The summed E-state index contributed by atoms with van der Waals surface area (Å²) in [7, 11) is -2.36. The fourth-order valence-electron chi connectivity index (χ4n) is 5.11. The molecule has 4 rings (SSSR count). The summed E-state index contributed by atoms with van der Waals surface area (Å²) in [5, 5.41) is 4.40. The first-order valence-corrected chi connectivity index (χ1v) is 16.8. The molecule has 9 nitrogen and oxygen atoms in total. The van der Waals surface area contributed by atoms with Crippen molar-refractivity contribution in [3.63, 3.8) is 0 Å². The van der Waals surface area contributed by atoms with Gasteiger partial charge in [0.15, 0.2) is 13.9 Å². The molecule has 1 saturated carbocycles. The molecule has 1 saturated heterocycles. The topological polar surface area (TPSA) is 123 Å². The summed E-state index contributed by atoms with van der Waals surface area (Å²) in [6.07, 6.45) is -5.05. The highest BCUT2D eigenvalue weighted by atomic mass is 28.4. The number of amides is 4. The third-order valence-electron chi connectivity index (χ3n) is 8.73. The first-order valence-electron chi connectivity index (χ1n) is 13.9. The van der Waals surface area contributed by atoms with Crippen LogP contribution in [-0.4, -0.2) is 61.6 Å². The number of hydrogen-bond acceptors (Lipinski definition) is 5. The van der Waals surface area contributed by atoms with Crippen LogP contribution in [0.2, 0.25) is 18.1 Å². The number of alkyl halides is 5. The Hall–Kier alpha value is -2.94. The van der Waals surface area contributed by atoms with E-state index < -0.39 is 57.1 Å². The van der Waals surface area contributed by atoms with Gasteiger partial charge >= 0.3 is 18.2 Å². The number of nitrogens with two attached hydrogens (primary N) is 1. The normalized spacial score (nSPS) is 21.8. The quantitative estimate of drug-likeness (QED) is 0.234. The molecule has 4 amide bonds. The van der Waals surface area contributed by atoms with Crippen LogP contribution in [0.4, 0.5) is 31.5 Å². The van der Waals surface area contributed by atoms with E-state index in [1.807, 2.05) is 39.2 Å². The Morgan fingerprint density at radius 3 is 2.45 bits per heavy atom. The van der Waals surface area contributed by atoms with Gasteiger partial charge in [-0.1, -0.05) is 26.8 Å². The maximum atomic E-state index is 13.8. The Labute approximate surface area is 241 Å². The smallest absolute Gasteiger partial charge is 0.410 e. The molecule has 0 bridgehead atoms. The van der Waals surface area contributed by atoms with Crippen molar-refractivity contribution in [3.8, 4) is 0 Å². The number of rotatable bonds is 8. The number of oxazole rings is 1. The summed E-state index contributed by atoms with van der Waals surface area (Å²) in [5.74, 6) is -3.08. The molecule has 4 N–H and O–H groups in total. The second-order valence-electron chi connectivity index (χ2n) is 12.7. The molecule has 234 valence electrons. The van der Waals surface area contributed by atoms with Crippen LogP contribution in [0.5, 0.6) is 0 Å². The lowest BCUT2D eigenvalue weighted by molar-refractivity contribution is -0.150. The minimum absolute atomic E-state index is 0.0349. The Bertz CT molecular complexity index is 1300. The Kier molecular flexibility index (Phi) is 8.59. The number of aromatic nitrogens is 1. The highest BCUT2D eigenvalue weighted by Gasteiger charge is 2.49. The first-order chi connectivity index (χ1) is 19.3. The zero-order chi connectivity index (χ0) is 31.3. The van der Waals surface area contributed by atoms with Crippen molar-refractivity contribution in [2.45, 2.75) is 94.8 Å². The number of fused-ring (bicyclic) bond motifs is 1. The summed E-state index contributed by atoms with van der Waals surface area (Å²) < 4.78 is 80.4. The van der Waals surface area contributed by atoms with Gasteiger partial charge in [-0.25, -0.2) is 23.4 Å². The van der Waals surface area contributed by atoms with Crippen LogP contribution in [0.15, 0.2) is 22.6 Å². The number of halogens is 5. The summed E-state index contributed by atoms with van der Waals surface area (Å²) in [4.78, 5) is 30.2. The van der Waals surface area contributed by atoms with E-state index in [0.29, 0.717) is 16.7 Å². The van der Waals surface area contributed by atoms with E-state index in [1.54, 1.807) is 18.2 Å². The number of urea groups is 2. The molecule has 1 aliphatic carbocycles. The van der Waals surface area contributed by atoms with Gasteiger partial charge in [-0.2, -0.15) is 13.2 Å². The lowest BCUT2D eigenvalue weighted by Gasteiger charge is -2.38. The highest BCUT2D eigenvalue weighted by molar-refractivity contribution is 6.74. The zero-order valence-corrected chi connectivity index (χ0v) is 25.3. The molecule has 2 aromatic rings. The molecule has 1 aromatic carbocycles. The van der Waals surface area contributed by atoms with E-state index in [0.717, 1.165) is 4.90 Å². The second kappa shape index (κ2) is 11.3. The lowest BCUT2D eigenvalue weighted by atomic mass is 9.82. The van der Waals surface area contributed by atoms with E-state index in [-0.39, 0.29) is 49.1 Å². The fourth-order valence-corrected chi connectivity index (χ4v) is 6.12. The van der Waals surface area contributed by atoms with Crippen LogP contribution in [0, 0.1) is 5.92 Å². The van der Waals surface area contributed by atoms with Crippen LogP contribution in [-0.2, 0) is 4.43 Å². The molecule has 2 heterocycles. The number of benzene rings is 1. The van der Waals surface area contributed by atoms with Crippen molar-refractivity contribution in [3.05, 3.63) is 29.7 Å². The van der Waals surface area contributed by atoms with Crippen molar-refractivity contribution in [2.75, 3.05) is 13.2 Å². The van der Waals surface area contributed by atoms with Gasteiger partial charge in [0.2, 0.25) is 11.8 Å². The Morgan fingerprint density at radius 1 is 1.26 bits per heavy atom. The predicted molar refractivity (Wildman–Crippen MR) is 147 cm³/mol. The summed E-state index contributed by atoms with van der Waals surface area (Å²) in [6, 6.07) is -0.641. The van der Waals surface area contributed by atoms with Crippen molar-refractivity contribution in [2.24, 2.45) is 11.7 Å². The Morgan fingerprint density at radius 2 is 1.90 bits per heavy atom. The molecular formula is C27H38F5N5O4Si. The van der Waals surface area contributed by atoms with Gasteiger partial charge in [-0.15, -0.1) is 0 Å². The van der Waals surface area contributed by atoms with Crippen molar-refractivity contribution in [1.29, 1.82) is 0 Å². The van der Waals surface area contributed by atoms with Crippen LogP contribution >= 0.6 is 0 Å². The fraction of sp³-hybridized carbons (Fsp3) is 0.667. The van der Waals surface area contributed by atoms with Gasteiger partial charge in [-0.3, -0.25) is 0 Å². The summed E-state index contributed by atoms with van der Waals surface area (Å²) >= 11 is 0. The van der Waals surface area contributed by atoms with Gasteiger partial charge in [-0.05, 0) is 54.6 Å². The number of nitrogens with zero attached hydrogens (tertiary/aromatic N) is 2. The average molecular weight is 620 g/mol. The molecule has 0 unspecified atom stereocenters. The molecule has 3 atom stereocenters. The van der Waals surface area contributed by atoms with Crippen LogP contribution in [0.3, 0.4) is 0 Å². The molecule has 2 fully saturated rings. The zero-order valence-electron chi connectivity index (χ0n) is 24.3. The second-order valence-corrected chi connectivity index (χ2v) is 17.6. The van der Waals surface area contributed by atoms with Crippen molar-refractivity contribution in [1.82, 2.24) is 20.5 Å².